The van der Waals surface area contributed by atoms with Crippen molar-refractivity contribution in [3.63, 3.8) is 0 Å². The largest absolute Gasteiger partial charge is 0.439 e. The van der Waals surface area contributed by atoms with E-state index in [4.69, 9.17) is 16.0 Å². The molecule has 2 aromatic heterocycles. The van der Waals surface area contributed by atoms with Crippen molar-refractivity contribution in [2.24, 2.45) is 0 Å². The van der Waals surface area contributed by atoms with Crippen LogP contribution in [0, 0.1) is 0 Å². The smallest absolute Gasteiger partial charge is 0.227 e. The molecule has 4 rings (SSSR count). The van der Waals surface area contributed by atoms with Gasteiger partial charge >= 0.3 is 0 Å². The summed E-state index contributed by atoms with van der Waals surface area (Å²) in [6.45, 7) is 0. The molecule has 1 aliphatic rings. The van der Waals surface area contributed by atoms with Crippen molar-refractivity contribution in [2.45, 2.75) is 38.0 Å². The third kappa shape index (κ3) is 3.82. The molecule has 0 spiro atoms. The summed E-state index contributed by atoms with van der Waals surface area (Å²) in [4.78, 5) is 13.3. The number of oxazole rings is 1. The number of anilines is 2. The van der Waals surface area contributed by atoms with Crippen LogP contribution in [0.4, 0.5) is 11.6 Å². The van der Waals surface area contributed by atoms with Crippen molar-refractivity contribution < 1.29 is 4.42 Å². The lowest BCUT2D eigenvalue weighted by molar-refractivity contribution is 0.367. The first-order valence-corrected chi connectivity index (χ1v) is 8.97. The standard InChI is InChI=1S/C19H19ClN4O/c20-14-6-8-15(9-7-14)23-19-21-11-10-16(24-19)17-12-22-18(25-17)13-4-2-1-3-5-13/h6-13H,1-5H2,(H,21,23,24). The van der Waals surface area contributed by atoms with Gasteiger partial charge in [0.15, 0.2) is 11.7 Å². The summed E-state index contributed by atoms with van der Waals surface area (Å²) >= 11 is 5.91. The summed E-state index contributed by atoms with van der Waals surface area (Å²) in [5.41, 5.74) is 1.60. The van der Waals surface area contributed by atoms with Gasteiger partial charge in [0, 0.05) is 22.8 Å². The molecule has 6 heteroatoms. The molecule has 0 aliphatic heterocycles. The minimum absolute atomic E-state index is 0.441. The highest BCUT2D eigenvalue weighted by molar-refractivity contribution is 6.30. The molecule has 25 heavy (non-hydrogen) atoms. The van der Waals surface area contributed by atoms with Crippen LogP contribution in [0.1, 0.15) is 43.9 Å². The minimum atomic E-state index is 0.441. The predicted molar refractivity (Wildman–Crippen MR) is 98.1 cm³/mol. The Morgan fingerprint density at radius 1 is 1.00 bits per heavy atom. The molecule has 1 aromatic carbocycles. The molecule has 3 aromatic rings. The number of hydrogen-bond acceptors (Lipinski definition) is 5. The average Bonchev–Trinajstić information content (AvgIpc) is 3.15. The first kappa shape index (κ1) is 16.1. The van der Waals surface area contributed by atoms with Crippen molar-refractivity contribution >= 4 is 23.2 Å². The Kier molecular flexibility index (Phi) is 4.65. The van der Waals surface area contributed by atoms with Gasteiger partial charge in [0.25, 0.3) is 0 Å². The maximum absolute atomic E-state index is 5.98. The van der Waals surface area contributed by atoms with Crippen LogP contribution in [0.3, 0.4) is 0 Å². The molecular weight excluding hydrogens is 336 g/mol. The normalized spacial score (nSPS) is 15.2. The molecule has 1 aliphatic carbocycles. The van der Waals surface area contributed by atoms with Crippen LogP contribution in [0.15, 0.2) is 47.1 Å². The van der Waals surface area contributed by atoms with Crippen LogP contribution >= 0.6 is 11.6 Å². The van der Waals surface area contributed by atoms with E-state index in [2.05, 4.69) is 20.3 Å². The molecular formula is C19H19ClN4O. The lowest BCUT2D eigenvalue weighted by Gasteiger charge is -2.17. The second kappa shape index (κ2) is 7.23. The zero-order chi connectivity index (χ0) is 17.1. The molecule has 1 saturated carbocycles. The molecule has 1 fully saturated rings. The van der Waals surface area contributed by atoms with Crippen molar-refractivity contribution in [2.75, 3.05) is 5.32 Å². The molecule has 0 radical (unpaired) electrons. The fourth-order valence-corrected chi connectivity index (χ4v) is 3.29. The first-order valence-electron chi connectivity index (χ1n) is 8.60. The van der Waals surface area contributed by atoms with Gasteiger partial charge in [-0.25, -0.2) is 15.0 Å². The molecule has 0 bridgehead atoms. The van der Waals surface area contributed by atoms with Crippen molar-refractivity contribution in [3.05, 3.63) is 53.6 Å². The third-order valence-electron chi connectivity index (χ3n) is 4.49. The van der Waals surface area contributed by atoms with Crippen LogP contribution in [-0.4, -0.2) is 15.0 Å². The van der Waals surface area contributed by atoms with E-state index in [9.17, 15) is 0 Å². The topological polar surface area (TPSA) is 63.8 Å². The predicted octanol–water partition coefficient (Wildman–Crippen LogP) is 5.58. The van der Waals surface area contributed by atoms with E-state index in [1.54, 1.807) is 12.4 Å². The van der Waals surface area contributed by atoms with Gasteiger partial charge in [-0.05, 0) is 43.2 Å². The molecule has 5 nitrogen and oxygen atoms in total. The van der Waals surface area contributed by atoms with Gasteiger partial charge in [0.2, 0.25) is 5.95 Å². The SMILES string of the molecule is Clc1ccc(Nc2nccc(-c3cnc(C4CCCCC4)o3)n2)cc1. The first-order chi connectivity index (χ1) is 12.3. The number of rotatable bonds is 4. The minimum Gasteiger partial charge on any atom is -0.439 e. The van der Waals surface area contributed by atoms with Crippen molar-refractivity contribution in [1.82, 2.24) is 15.0 Å². The number of hydrogen-bond donors (Lipinski definition) is 1. The van der Waals surface area contributed by atoms with Crippen LogP contribution in [0.5, 0.6) is 0 Å². The van der Waals surface area contributed by atoms with E-state index in [1.165, 1.54) is 19.3 Å². The highest BCUT2D eigenvalue weighted by atomic mass is 35.5. The summed E-state index contributed by atoms with van der Waals surface area (Å²) in [5.74, 6) is 2.47. The Balaban J connectivity index is 1.53. The second-order valence-electron chi connectivity index (χ2n) is 6.30. The lowest BCUT2D eigenvalue weighted by Crippen LogP contribution is -2.04. The van der Waals surface area contributed by atoms with Crippen molar-refractivity contribution in [3.8, 4) is 11.5 Å². The van der Waals surface area contributed by atoms with Gasteiger partial charge in [-0.2, -0.15) is 0 Å². The molecule has 0 unspecified atom stereocenters. The number of nitrogens with one attached hydrogen (secondary N) is 1. The summed E-state index contributed by atoms with van der Waals surface area (Å²) in [6, 6.07) is 9.24. The molecule has 2 heterocycles. The van der Waals surface area contributed by atoms with Crippen LogP contribution < -0.4 is 5.32 Å². The van der Waals surface area contributed by atoms with Gasteiger partial charge in [-0.1, -0.05) is 30.9 Å². The zero-order valence-corrected chi connectivity index (χ0v) is 14.5. The third-order valence-corrected chi connectivity index (χ3v) is 4.74. The van der Waals surface area contributed by atoms with Crippen LogP contribution in [0.25, 0.3) is 11.5 Å². The summed E-state index contributed by atoms with van der Waals surface area (Å²) in [5, 5.41) is 3.86. The molecule has 1 N–H and O–H groups in total. The summed E-state index contributed by atoms with van der Waals surface area (Å²) < 4.78 is 5.98. The van der Waals surface area contributed by atoms with Gasteiger partial charge in [-0.3, -0.25) is 0 Å². The Labute approximate surface area is 151 Å². The second-order valence-corrected chi connectivity index (χ2v) is 6.73. The number of aromatic nitrogens is 3. The Hall–Kier alpha value is -2.40. The van der Waals surface area contributed by atoms with Crippen LogP contribution in [0.2, 0.25) is 5.02 Å². The average molecular weight is 355 g/mol. The number of nitrogens with zero attached hydrogens (tertiary/aromatic N) is 3. The molecule has 0 atom stereocenters. The van der Waals surface area contributed by atoms with E-state index in [1.807, 2.05) is 30.3 Å². The highest BCUT2D eigenvalue weighted by Crippen LogP contribution is 2.33. The maximum atomic E-state index is 5.98. The summed E-state index contributed by atoms with van der Waals surface area (Å²) in [7, 11) is 0. The fourth-order valence-electron chi connectivity index (χ4n) is 3.16. The van der Waals surface area contributed by atoms with E-state index in [0.29, 0.717) is 22.6 Å². The Bertz CT molecular complexity index is 841. The van der Waals surface area contributed by atoms with Crippen molar-refractivity contribution in [1.29, 1.82) is 0 Å². The Morgan fingerprint density at radius 2 is 1.80 bits per heavy atom. The van der Waals surface area contributed by atoms with E-state index >= 15 is 0 Å². The monoisotopic (exact) mass is 354 g/mol. The highest BCUT2D eigenvalue weighted by Gasteiger charge is 2.21. The van der Waals surface area contributed by atoms with Gasteiger partial charge in [-0.15, -0.1) is 0 Å². The quantitative estimate of drug-likeness (QED) is 0.662. The zero-order valence-electron chi connectivity index (χ0n) is 13.8. The maximum Gasteiger partial charge on any atom is 0.227 e. The lowest BCUT2D eigenvalue weighted by atomic mass is 9.89. The van der Waals surface area contributed by atoms with Gasteiger partial charge in [0.1, 0.15) is 5.69 Å². The van der Waals surface area contributed by atoms with E-state index in [0.717, 1.165) is 30.1 Å². The molecule has 0 saturated heterocycles. The van der Waals surface area contributed by atoms with Gasteiger partial charge in [0.05, 0.1) is 6.20 Å². The fraction of sp³-hybridized carbons (Fsp3) is 0.316. The molecule has 128 valence electrons. The van der Waals surface area contributed by atoms with Crippen LogP contribution in [-0.2, 0) is 0 Å². The number of halogens is 1. The molecule has 0 amide bonds. The van der Waals surface area contributed by atoms with E-state index < -0.39 is 0 Å². The Morgan fingerprint density at radius 3 is 2.60 bits per heavy atom. The van der Waals surface area contributed by atoms with Gasteiger partial charge < -0.3 is 9.73 Å². The number of benzene rings is 1. The van der Waals surface area contributed by atoms with E-state index in [-0.39, 0.29) is 0 Å². The summed E-state index contributed by atoms with van der Waals surface area (Å²) in [6.07, 6.45) is 9.62.